The zero-order valence-electron chi connectivity index (χ0n) is 17.8. The lowest BCUT2D eigenvalue weighted by Gasteiger charge is -2.39. The maximum Gasteiger partial charge on any atom is 0.341 e. The maximum absolute atomic E-state index is 13.7. The Hall–Kier alpha value is -3.72. The first-order chi connectivity index (χ1) is 15.6. The van der Waals surface area contributed by atoms with Gasteiger partial charge in [-0.1, -0.05) is 25.1 Å². The molecule has 0 atom stereocenters. The first-order valence-corrected chi connectivity index (χ1v) is 11.5. The van der Waals surface area contributed by atoms with Crippen LogP contribution in [0.25, 0.3) is 0 Å². The predicted molar refractivity (Wildman–Crippen MR) is 115 cm³/mol. The summed E-state index contributed by atoms with van der Waals surface area (Å²) in [5.74, 6) is -4.13. The third kappa shape index (κ3) is 4.88. The van der Waals surface area contributed by atoms with Gasteiger partial charge >= 0.3 is 5.97 Å². The summed E-state index contributed by atoms with van der Waals surface area (Å²) in [6.45, 7) is 1.81. The number of benzene rings is 1. The fourth-order valence-electron chi connectivity index (χ4n) is 3.58. The molecular formula is C21H21FN4O6S. The van der Waals surface area contributed by atoms with E-state index in [0.29, 0.717) is 0 Å². The number of aromatic nitrogens is 1. The van der Waals surface area contributed by atoms with Crippen LogP contribution in [-0.4, -0.2) is 50.6 Å². The van der Waals surface area contributed by atoms with Crippen LogP contribution in [0.5, 0.6) is 5.88 Å². The van der Waals surface area contributed by atoms with Crippen molar-refractivity contribution in [3.8, 4) is 11.9 Å². The average Bonchev–Trinajstić information content (AvgIpc) is 2.72. The number of amides is 1. The summed E-state index contributed by atoms with van der Waals surface area (Å²) in [4.78, 5) is 29.8. The molecule has 1 aromatic heterocycles. The molecule has 0 saturated carbocycles. The van der Waals surface area contributed by atoms with Gasteiger partial charge in [0.15, 0.2) is 5.82 Å². The number of rotatable bonds is 8. The average molecular weight is 476 g/mol. The van der Waals surface area contributed by atoms with Crippen molar-refractivity contribution >= 4 is 27.7 Å². The molecule has 0 bridgehead atoms. The van der Waals surface area contributed by atoms with E-state index < -0.39 is 39.4 Å². The molecule has 1 fully saturated rings. The first kappa shape index (κ1) is 23.9. The van der Waals surface area contributed by atoms with E-state index in [4.69, 9.17) is 4.74 Å². The standard InChI is InChI=1S/C21H21FN4O6S/c1-3-14-15(8-23)18(24-20(32-2)17(14)21(28)29)26-9-13(10-26)19(27)25-33(30,31)11-12-6-4-5-7-16(12)22/h4-7,13H,3,9-11H2,1-2H3,(H,25,27)(H,28,29). The van der Waals surface area contributed by atoms with Gasteiger partial charge in [0.1, 0.15) is 17.4 Å². The number of nitrogens with one attached hydrogen (secondary N) is 1. The Bertz CT molecular complexity index is 1250. The van der Waals surface area contributed by atoms with E-state index in [2.05, 4.69) is 4.98 Å². The van der Waals surface area contributed by atoms with Crippen molar-refractivity contribution in [1.82, 2.24) is 9.71 Å². The molecule has 2 N–H and O–H groups in total. The minimum atomic E-state index is -4.12. The molecule has 1 aliphatic rings. The van der Waals surface area contributed by atoms with Gasteiger partial charge in [0.2, 0.25) is 21.8 Å². The second kappa shape index (κ2) is 9.41. The van der Waals surface area contributed by atoms with Gasteiger partial charge in [0, 0.05) is 18.7 Å². The zero-order valence-corrected chi connectivity index (χ0v) is 18.6. The molecule has 1 aliphatic heterocycles. The molecule has 0 radical (unpaired) electrons. The number of nitriles is 1. The molecule has 0 unspecified atom stereocenters. The SMILES string of the molecule is CCc1c(C#N)c(N2CC(C(=O)NS(=O)(=O)Cc3ccccc3F)C2)nc(OC)c1C(=O)O. The second-order valence-corrected chi connectivity index (χ2v) is 9.08. The zero-order chi connectivity index (χ0) is 24.3. The molecule has 2 heterocycles. The number of halogens is 1. The number of methoxy groups -OCH3 is 1. The number of sulfonamides is 1. The summed E-state index contributed by atoms with van der Waals surface area (Å²) >= 11 is 0. The summed E-state index contributed by atoms with van der Waals surface area (Å²) in [5.41, 5.74) is 0.0527. The first-order valence-electron chi connectivity index (χ1n) is 9.88. The summed E-state index contributed by atoms with van der Waals surface area (Å²) in [7, 11) is -2.86. The van der Waals surface area contributed by atoms with E-state index in [1.54, 1.807) is 11.8 Å². The minimum absolute atomic E-state index is 0.0570. The highest BCUT2D eigenvalue weighted by Crippen LogP contribution is 2.34. The Labute approximate surface area is 189 Å². The van der Waals surface area contributed by atoms with Crippen molar-refractivity contribution in [2.75, 3.05) is 25.1 Å². The molecule has 10 nitrogen and oxygen atoms in total. The topological polar surface area (TPSA) is 150 Å². The van der Waals surface area contributed by atoms with E-state index in [-0.39, 0.29) is 53.5 Å². The van der Waals surface area contributed by atoms with E-state index in [1.807, 2.05) is 10.8 Å². The van der Waals surface area contributed by atoms with E-state index in [0.717, 1.165) is 6.07 Å². The van der Waals surface area contributed by atoms with Gasteiger partial charge in [-0.2, -0.15) is 10.2 Å². The Morgan fingerprint density at radius 3 is 2.58 bits per heavy atom. The lowest BCUT2D eigenvalue weighted by atomic mass is 9.96. The van der Waals surface area contributed by atoms with Crippen LogP contribution in [0, 0.1) is 23.1 Å². The molecule has 1 aromatic carbocycles. The van der Waals surface area contributed by atoms with Gasteiger partial charge in [-0.3, -0.25) is 9.52 Å². The number of carbonyl (C=O) groups is 2. The lowest BCUT2D eigenvalue weighted by Crippen LogP contribution is -2.55. The number of aromatic carboxylic acids is 1. The van der Waals surface area contributed by atoms with Crippen molar-refractivity contribution in [2.24, 2.45) is 5.92 Å². The van der Waals surface area contributed by atoms with Crippen molar-refractivity contribution in [2.45, 2.75) is 19.1 Å². The molecule has 174 valence electrons. The molecule has 2 aromatic rings. The summed E-state index contributed by atoms with van der Waals surface area (Å²) in [5, 5.41) is 19.1. The number of carboxylic acid groups (broad SMARTS) is 1. The Morgan fingerprint density at radius 1 is 1.36 bits per heavy atom. The fourth-order valence-corrected chi connectivity index (χ4v) is 4.76. The lowest BCUT2D eigenvalue weighted by molar-refractivity contribution is -0.123. The Morgan fingerprint density at radius 2 is 2.03 bits per heavy atom. The smallest absolute Gasteiger partial charge is 0.341 e. The Balaban J connectivity index is 1.76. The van der Waals surface area contributed by atoms with Gasteiger partial charge in [0.25, 0.3) is 0 Å². The number of carboxylic acids is 1. The highest BCUT2D eigenvalue weighted by atomic mass is 32.2. The van der Waals surface area contributed by atoms with Crippen LogP contribution in [0.3, 0.4) is 0 Å². The Kier molecular flexibility index (Phi) is 6.83. The monoisotopic (exact) mass is 476 g/mol. The molecule has 12 heteroatoms. The van der Waals surface area contributed by atoms with Gasteiger partial charge in [0.05, 0.1) is 24.3 Å². The number of carbonyl (C=O) groups excluding carboxylic acids is 1. The number of pyridine rings is 1. The van der Waals surface area contributed by atoms with Crippen LogP contribution in [0.2, 0.25) is 0 Å². The molecule has 3 rings (SSSR count). The van der Waals surface area contributed by atoms with Crippen molar-refractivity contribution in [3.63, 3.8) is 0 Å². The molecule has 0 spiro atoms. The van der Waals surface area contributed by atoms with Crippen LogP contribution in [0.1, 0.15) is 34.0 Å². The quantitative estimate of drug-likeness (QED) is 0.577. The highest BCUT2D eigenvalue weighted by molar-refractivity contribution is 7.89. The third-order valence-electron chi connectivity index (χ3n) is 5.23. The van der Waals surface area contributed by atoms with Crippen molar-refractivity contribution in [1.29, 1.82) is 5.26 Å². The number of hydrogen-bond acceptors (Lipinski definition) is 8. The number of nitrogens with zero attached hydrogens (tertiary/aromatic N) is 3. The third-order valence-corrected chi connectivity index (χ3v) is 6.44. The molecular weight excluding hydrogens is 455 g/mol. The molecule has 0 aliphatic carbocycles. The van der Waals surface area contributed by atoms with Crippen LogP contribution < -0.4 is 14.4 Å². The summed E-state index contributed by atoms with van der Waals surface area (Å²) in [6.07, 6.45) is 0.239. The normalized spacial score (nSPS) is 13.7. The van der Waals surface area contributed by atoms with Crippen molar-refractivity contribution in [3.05, 3.63) is 52.3 Å². The largest absolute Gasteiger partial charge is 0.480 e. The maximum atomic E-state index is 13.7. The van der Waals surface area contributed by atoms with Crippen LogP contribution in [0.15, 0.2) is 24.3 Å². The summed E-state index contributed by atoms with van der Waals surface area (Å²) in [6, 6.07) is 7.34. The minimum Gasteiger partial charge on any atom is -0.480 e. The van der Waals surface area contributed by atoms with Gasteiger partial charge in [-0.15, -0.1) is 0 Å². The van der Waals surface area contributed by atoms with Gasteiger partial charge in [-0.05, 0) is 18.1 Å². The molecule has 33 heavy (non-hydrogen) atoms. The number of anilines is 1. The summed E-state index contributed by atoms with van der Waals surface area (Å²) < 4.78 is 45.4. The van der Waals surface area contributed by atoms with Gasteiger partial charge in [-0.25, -0.2) is 17.6 Å². The number of ether oxygens (including phenoxy) is 1. The predicted octanol–water partition coefficient (Wildman–Crippen LogP) is 1.44. The fraction of sp³-hybridized carbons (Fsp3) is 0.333. The van der Waals surface area contributed by atoms with Gasteiger partial charge < -0.3 is 14.7 Å². The van der Waals surface area contributed by atoms with E-state index >= 15 is 0 Å². The molecule has 1 saturated heterocycles. The second-order valence-electron chi connectivity index (χ2n) is 7.36. The van der Waals surface area contributed by atoms with Crippen molar-refractivity contribution < 1.29 is 32.2 Å². The number of hydrogen-bond donors (Lipinski definition) is 2. The highest BCUT2D eigenvalue weighted by Gasteiger charge is 2.38. The van der Waals surface area contributed by atoms with Crippen LogP contribution in [-0.2, 0) is 27.0 Å². The van der Waals surface area contributed by atoms with E-state index in [1.165, 1.54) is 25.3 Å². The van der Waals surface area contributed by atoms with Crippen LogP contribution in [0.4, 0.5) is 10.2 Å². The molecule has 1 amide bonds. The van der Waals surface area contributed by atoms with E-state index in [9.17, 15) is 32.8 Å². The van der Waals surface area contributed by atoms with Crippen LogP contribution >= 0.6 is 0 Å².